The lowest BCUT2D eigenvalue weighted by Gasteiger charge is -2.33. The molecule has 5 aliphatic heterocycles. The van der Waals surface area contributed by atoms with Crippen molar-refractivity contribution in [1.82, 2.24) is 79.2 Å². The SMILES string of the molecule is CCOC(=O)c1cnc(N2C[C@@H]3C[C@H]2CC3I=N)nc1.CCOC(=O)c1cnc(N2C[C@@H]3C[C@H]2CN3C(=O)OCc2cccnc2)nc1.O=C(NO)c1cnc(N2C[C@@H]3C[C@H]2CN3C(=O)OCc2cccnc2)nc1.O=C(n1ccnc1)n1ccnc1.OCc1cccnc1. The Kier molecular flexibility index (Phi) is 23.4. The Morgan fingerprint density at radius 1 is 0.516 bits per heavy atom. The lowest BCUT2D eigenvalue weighted by atomic mass is 10.1. The number of imidazole rings is 2. The van der Waals surface area contributed by atoms with Gasteiger partial charge in [-0.3, -0.25) is 37.6 Å². The number of hydroxylamine groups is 1. The maximum atomic E-state index is 12.4. The summed E-state index contributed by atoms with van der Waals surface area (Å²) in [4.78, 5) is 126. The number of fused-ring (bicyclic) bond motifs is 6. The predicted octanol–water partition coefficient (Wildman–Crippen LogP) is 5.76. The Hall–Kier alpha value is -10.4. The van der Waals surface area contributed by atoms with Crippen LogP contribution in [0, 0.1) is 9.48 Å². The number of ether oxygens (including phenoxy) is 4. The van der Waals surface area contributed by atoms with Crippen molar-refractivity contribution in [2.24, 2.45) is 5.92 Å². The third-order valence-corrected chi connectivity index (χ3v) is 18.5. The molecule has 6 bridgehead atoms. The minimum Gasteiger partial charge on any atom is -0.462 e. The Bertz CT molecular complexity index is 3770. The van der Waals surface area contributed by atoms with Gasteiger partial charge in [0.25, 0.3) is 5.91 Å². The van der Waals surface area contributed by atoms with E-state index in [4.69, 9.17) is 32.8 Å². The number of piperazine rings is 2. The molecule has 14 rings (SSSR count). The first-order chi connectivity index (χ1) is 46.3. The van der Waals surface area contributed by atoms with Gasteiger partial charge >= 0.3 is 30.2 Å². The van der Waals surface area contributed by atoms with Crippen LogP contribution in [0.15, 0.2) is 148 Å². The molecule has 0 aromatic carbocycles. The molecule has 7 atom stereocenters. The highest BCUT2D eigenvalue weighted by Crippen LogP contribution is 2.44. The first-order valence-electron chi connectivity index (χ1n) is 30.3. The fourth-order valence-electron chi connectivity index (χ4n) is 11.6. The lowest BCUT2D eigenvalue weighted by Crippen LogP contribution is -2.49. The van der Waals surface area contributed by atoms with Crippen molar-refractivity contribution in [2.45, 2.75) is 93.5 Å². The number of halogens is 1. The zero-order chi connectivity index (χ0) is 66.6. The quantitative estimate of drug-likeness (QED) is 0.0251. The van der Waals surface area contributed by atoms with Gasteiger partial charge in [0.05, 0.1) is 60.7 Å². The van der Waals surface area contributed by atoms with E-state index in [0.717, 1.165) is 42.5 Å². The van der Waals surface area contributed by atoms with E-state index >= 15 is 0 Å². The average molecular weight is 1410 g/mol. The molecule has 6 aliphatic rings. The number of carbonyl (C=O) groups excluding carboxylic acids is 6. The van der Waals surface area contributed by atoms with Crippen LogP contribution in [0.3, 0.4) is 0 Å². The summed E-state index contributed by atoms with van der Waals surface area (Å²) in [6.07, 6.45) is 31.3. The number of esters is 2. The van der Waals surface area contributed by atoms with E-state index in [-0.39, 0.29) is 73.7 Å². The van der Waals surface area contributed by atoms with Crippen molar-refractivity contribution < 1.29 is 58.0 Å². The molecule has 1 unspecified atom stereocenters. The van der Waals surface area contributed by atoms with Crippen molar-refractivity contribution in [3.8, 4) is 0 Å². The van der Waals surface area contributed by atoms with Gasteiger partial charge in [0, 0.05) is 153 Å². The van der Waals surface area contributed by atoms with Gasteiger partial charge in [-0.05, 0) is 90.2 Å². The number of pyridine rings is 3. The van der Waals surface area contributed by atoms with Crippen molar-refractivity contribution in [3.05, 3.63) is 182 Å². The maximum Gasteiger partial charge on any atom is 0.410 e. The Balaban J connectivity index is 0.000000137. The number of nitrogens with zero attached hydrogens (tertiary/aromatic N) is 18. The van der Waals surface area contributed by atoms with Crippen molar-refractivity contribution in [3.63, 3.8) is 0 Å². The molecular formula is C62H69IN20O12. The van der Waals surface area contributed by atoms with Crippen LogP contribution in [0.4, 0.5) is 32.2 Å². The molecule has 6 fully saturated rings. The summed E-state index contributed by atoms with van der Waals surface area (Å²) >= 11 is -0.399. The van der Waals surface area contributed by atoms with Crippen LogP contribution in [0.2, 0.25) is 0 Å². The van der Waals surface area contributed by atoms with Crippen LogP contribution in [0.25, 0.3) is 0 Å². The van der Waals surface area contributed by atoms with E-state index in [9.17, 15) is 28.8 Å². The van der Waals surface area contributed by atoms with Gasteiger partial charge in [-0.15, -0.1) is 0 Å². The number of aromatic nitrogens is 13. The van der Waals surface area contributed by atoms with Crippen LogP contribution < -0.4 is 20.2 Å². The first-order valence-corrected chi connectivity index (χ1v) is 32.7. The minimum atomic E-state index is -0.660. The summed E-state index contributed by atoms with van der Waals surface area (Å²) in [5.74, 6) is 0.947. The largest absolute Gasteiger partial charge is 0.462 e. The van der Waals surface area contributed by atoms with Crippen LogP contribution in [-0.4, -0.2) is 200 Å². The van der Waals surface area contributed by atoms with Gasteiger partial charge in [0.15, 0.2) is 0 Å². The second kappa shape index (κ2) is 32.9. The fraction of sp³-hybridized carbons (Fsp3) is 0.371. The number of rotatable bonds is 14. The highest BCUT2D eigenvalue weighted by molar-refractivity contribution is 14.1. The number of alkyl halides is 1. The number of piperidine rings is 1. The van der Waals surface area contributed by atoms with Gasteiger partial charge in [0.1, 0.15) is 25.9 Å². The zero-order valence-corrected chi connectivity index (χ0v) is 53.9. The van der Waals surface area contributed by atoms with E-state index < -0.39 is 32.9 Å². The minimum absolute atomic E-state index is 0.0421. The molecule has 496 valence electrons. The summed E-state index contributed by atoms with van der Waals surface area (Å²) in [7, 11) is 0. The maximum absolute atomic E-state index is 12.4. The van der Waals surface area contributed by atoms with Crippen molar-refractivity contribution >= 4 is 74.9 Å². The predicted molar refractivity (Wildman–Crippen MR) is 344 cm³/mol. The van der Waals surface area contributed by atoms with Crippen LogP contribution in [0.5, 0.6) is 0 Å². The molecule has 32 nitrogen and oxygen atoms in total. The van der Waals surface area contributed by atoms with Gasteiger partial charge in [0.2, 0.25) is 17.8 Å². The van der Waals surface area contributed by atoms with Crippen LogP contribution >= 0.6 is 21.0 Å². The molecule has 0 spiro atoms. The monoisotopic (exact) mass is 1410 g/mol. The molecule has 33 heteroatoms. The third kappa shape index (κ3) is 17.2. The molecule has 8 aromatic heterocycles. The van der Waals surface area contributed by atoms with E-state index in [1.807, 2.05) is 29.2 Å². The van der Waals surface area contributed by atoms with E-state index in [0.29, 0.717) is 84.2 Å². The summed E-state index contributed by atoms with van der Waals surface area (Å²) in [6.45, 7) is 8.01. The number of likely N-dealkylation sites (tertiary alicyclic amines) is 2. The normalized spacial score (nSPS) is 19.7. The Morgan fingerprint density at radius 3 is 1.27 bits per heavy atom. The fourth-order valence-corrected chi connectivity index (χ4v) is 13.4. The number of hydrogen-bond donors (Lipinski definition) is 4. The number of anilines is 3. The van der Waals surface area contributed by atoms with Gasteiger partial charge in [-0.2, -0.15) is 0 Å². The van der Waals surface area contributed by atoms with Crippen molar-refractivity contribution in [1.29, 1.82) is 3.56 Å². The van der Waals surface area contributed by atoms with Gasteiger partial charge < -0.3 is 48.6 Å². The number of hydrogen-bond acceptors (Lipinski definition) is 27. The third-order valence-electron chi connectivity index (χ3n) is 16.1. The van der Waals surface area contributed by atoms with Gasteiger partial charge in [-0.1, -0.05) is 18.2 Å². The van der Waals surface area contributed by atoms with Crippen LogP contribution in [0.1, 0.15) is 87.3 Å². The molecule has 4 N–H and O–H groups in total. The molecule has 1 aliphatic carbocycles. The topological polar surface area (TPSA) is 384 Å². The highest BCUT2D eigenvalue weighted by atomic mass is 127. The summed E-state index contributed by atoms with van der Waals surface area (Å²) in [5, 5.41) is 17.1. The van der Waals surface area contributed by atoms with E-state index in [2.05, 4.69) is 64.6 Å². The summed E-state index contributed by atoms with van der Waals surface area (Å²) in [6, 6.07) is 11.6. The zero-order valence-electron chi connectivity index (χ0n) is 51.7. The molecular weight excluding hydrogens is 1340 g/mol. The van der Waals surface area contributed by atoms with E-state index in [1.54, 1.807) is 116 Å². The second-order valence-electron chi connectivity index (χ2n) is 22.1. The number of aliphatic hydroxyl groups is 1. The first kappa shape index (κ1) is 67.5. The molecule has 3 amide bonds. The highest BCUT2D eigenvalue weighted by Gasteiger charge is 2.49. The number of aliphatic hydroxyl groups excluding tert-OH is 1. The molecule has 95 heavy (non-hydrogen) atoms. The average Bonchev–Trinajstić information content (AvgIpc) is 1.65. The Morgan fingerprint density at radius 2 is 0.947 bits per heavy atom. The van der Waals surface area contributed by atoms with Crippen LogP contribution in [-0.2, 0) is 38.8 Å². The standard InChI is InChI=1S/C19H21N5O4.C17H18N6O4.C13H17IN4O2.C7H6N4O.C6H7NO/c1-2-27-17(25)14-8-21-18(22-9-14)23-10-16-6-15(23)11-24(16)19(26)28-12-13-4-3-5-20-7-13;24-15(21-26)12-6-19-16(20-7-12)22-8-14-4-13(22)9-23(14)17(25)27-10-11-2-1-3-18-5-11;1-2-20-12(19)9-5-16-13(17-6-9)18-7-8-3-10(18)4-11(8)14-15;12-7(10-3-1-8-5-10)11-4-2-9-6-11;8-5-6-2-1-3-7-4-6/h3-5,7-9,15-16H,2,6,10-12H2,1H3;1-3,5-7,13-14,26H,4,8-10H2,(H,21,24);5-6,8,10-11,15H,2-4,7H2,1H3;1-6H;1-4,8H,5H2/t15-,16-;13-,14-;8-,10-,11?;;/m000../s1. The smallest absolute Gasteiger partial charge is 0.410 e. The number of amides is 3. The molecule has 8 aromatic rings. The van der Waals surface area contributed by atoms with Crippen molar-refractivity contribution in [2.75, 3.05) is 60.6 Å². The Labute approximate surface area is 554 Å². The molecule has 13 heterocycles. The number of nitrogens with one attached hydrogen (secondary N) is 2. The van der Waals surface area contributed by atoms with E-state index in [1.165, 1.54) is 53.0 Å². The number of carbonyl (C=O) groups is 6. The second-order valence-corrected chi connectivity index (χ2v) is 24.4. The molecule has 5 saturated heterocycles. The van der Waals surface area contributed by atoms with Gasteiger partial charge in [-0.25, -0.2) is 69.3 Å². The summed E-state index contributed by atoms with van der Waals surface area (Å²) < 4.78 is 31.7. The lowest BCUT2D eigenvalue weighted by molar-refractivity contribution is 0.0515. The molecule has 1 saturated carbocycles. The summed E-state index contributed by atoms with van der Waals surface area (Å²) in [5.41, 5.74) is 5.00. The molecule has 0 radical (unpaired) electrons.